The third-order valence-electron chi connectivity index (χ3n) is 2.01. The molecule has 84 valence electrons. The Morgan fingerprint density at radius 3 is 2.80 bits per heavy atom. The molecular weight excluding hydrogens is 274 g/mol. The molecule has 1 heterocycles. The van der Waals surface area contributed by atoms with Gasteiger partial charge in [-0.1, -0.05) is 13.8 Å². The fourth-order valence-electron chi connectivity index (χ4n) is 1.17. The number of rotatable bonds is 5. The Labute approximate surface area is 103 Å². The number of carbonyl (C=O) groups is 1. The van der Waals surface area contributed by atoms with Crippen molar-refractivity contribution in [1.29, 1.82) is 0 Å². The largest absolute Gasteiger partial charge is 0.356 e. The van der Waals surface area contributed by atoms with E-state index in [1.165, 1.54) is 0 Å². The summed E-state index contributed by atoms with van der Waals surface area (Å²) in [5.74, 6) is 0.756. The molecule has 1 N–H and O–H groups in total. The molecule has 0 spiro atoms. The molecule has 0 aromatic carbocycles. The average Bonchev–Trinajstić information content (AvgIpc) is 2.50. The van der Waals surface area contributed by atoms with Gasteiger partial charge in [0.05, 0.1) is 10.2 Å². The minimum Gasteiger partial charge on any atom is -0.356 e. The SMILES string of the molecule is CC(C)CCNC(=O)Cc1ccc(Br)s1. The molecule has 15 heavy (non-hydrogen) atoms. The summed E-state index contributed by atoms with van der Waals surface area (Å²) in [6.45, 7) is 5.09. The Balaban J connectivity index is 2.24. The van der Waals surface area contributed by atoms with Crippen LogP contribution in [-0.4, -0.2) is 12.5 Å². The number of hydrogen-bond acceptors (Lipinski definition) is 2. The van der Waals surface area contributed by atoms with Gasteiger partial charge in [0.2, 0.25) is 5.91 Å². The lowest BCUT2D eigenvalue weighted by Crippen LogP contribution is -2.26. The number of hydrogen-bond donors (Lipinski definition) is 1. The summed E-state index contributed by atoms with van der Waals surface area (Å²) in [6, 6.07) is 3.96. The molecule has 0 aliphatic heterocycles. The van der Waals surface area contributed by atoms with Crippen LogP contribution in [-0.2, 0) is 11.2 Å². The summed E-state index contributed by atoms with van der Waals surface area (Å²) >= 11 is 4.99. The first-order valence-corrected chi connectivity index (χ1v) is 6.70. The van der Waals surface area contributed by atoms with Crippen molar-refractivity contribution in [1.82, 2.24) is 5.32 Å². The first-order chi connectivity index (χ1) is 7.08. The lowest BCUT2D eigenvalue weighted by Gasteiger charge is -2.06. The van der Waals surface area contributed by atoms with Gasteiger partial charge in [0, 0.05) is 11.4 Å². The summed E-state index contributed by atoms with van der Waals surface area (Å²) in [4.78, 5) is 12.6. The van der Waals surface area contributed by atoms with Crippen LogP contribution < -0.4 is 5.32 Å². The van der Waals surface area contributed by atoms with E-state index in [-0.39, 0.29) is 5.91 Å². The van der Waals surface area contributed by atoms with Crippen molar-refractivity contribution in [2.75, 3.05) is 6.54 Å². The van der Waals surface area contributed by atoms with Gasteiger partial charge in [0.25, 0.3) is 0 Å². The van der Waals surface area contributed by atoms with Crippen LogP contribution in [0.25, 0.3) is 0 Å². The van der Waals surface area contributed by atoms with Crippen LogP contribution in [0.5, 0.6) is 0 Å². The fraction of sp³-hybridized carbons (Fsp3) is 0.545. The lowest BCUT2D eigenvalue weighted by atomic mass is 10.1. The van der Waals surface area contributed by atoms with Gasteiger partial charge in [-0.2, -0.15) is 0 Å². The normalized spacial score (nSPS) is 10.7. The van der Waals surface area contributed by atoms with Gasteiger partial charge < -0.3 is 5.32 Å². The zero-order chi connectivity index (χ0) is 11.3. The van der Waals surface area contributed by atoms with Crippen molar-refractivity contribution in [2.24, 2.45) is 5.92 Å². The van der Waals surface area contributed by atoms with Crippen molar-refractivity contribution in [2.45, 2.75) is 26.7 Å². The monoisotopic (exact) mass is 289 g/mol. The second-order valence-corrected chi connectivity index (χ2v) is 6.46. The van der Waals surface area contributed by atoms with Crippen LogP contribution in [0, 0.1) is 5.92 Å². The van der Waals surface area contributed by atoms with Gasteiger partial charge in [-0.3, -0.25) is 4.79 Å². The minimum absolute atomic E-state index is 0.116. The molecule has 0 saturated carbocycles. The molecule has 1 rings (SSSR count). The summed E-state index contributed by atoms with van der Waals surface area (Å²) < 4.78 is 1.08. The molecule has 0 atom stereocenters. The van der Waals surface area contributed by atoms with Gasteiger partial charge in [-0.25, -0.2) is 0 Å². The maximum atomic E-state index is 11.5. The van der Waals surface area contributed by atoms with Crippen LogP contribution in [0.1, 0.15) is 25.1 Å². The van der Waals surface area contributed by atoms with E-state index < -0.39 is 0 Å². The molecule has 1 aromatic rings. The number of amides is 1. The van der Waals surface area contributed by atoms with E-state index in [9.17, 15) is 4.79 Å². The van der Waals surface area contributed by atoms with Gasteiger partial charge >= 0.3 is 0 Å². The second kappa shape index (κ2) is 6.28. The zero-order valence-electron chi connectivity index (χ0n) is 9.05. The van der Waals surface area contributed by atoms with Gasteiger partial charge in [-0.15, -0.1) is 11.3 Å². The molecular formula is C11H16BrNOS. The molecule has 1 amide bonds. The van der Waals surface area contributed by atoms with Crippen LogP contribution in [0.15, 0.2) is 15.9 Å². The molecule has 4 heteroatoms. The number of nitrogens with one attached hydrogen (secondary N) is 1. The van der Waals surface area contributed by atoms with E-state index in [0.29, 0.717) is 12.3 Å². The van der Waals surface area contributed by atoms with Gasteiger partial charge in [0.1, 0.15) is 0 Å². The lowest BCUT2D eigenvalue weighted by molar-refractivity contribution is -0.120. The van der Waals surface area contributed by atoms with E-state index in [1.54, 1.807) is 11.3 Å². The van der Waals surface area contributed by atoms with E-state index in [4.69, 9.17) is 0 Å². The third-order valence-corrected chi connectivity index (χ3v) is 3.63. The van der Waals surface area contributed by atoms with Crippen LogP contribution in [0.4, 0.5) is 0 Å². The quantitative estimate of drug-likeness (QED) is 0.886. The van der Waals surface area contributed by atoms with E-state index >= 15 is 0 Å². The van der Waals surface area contributed by atoms with E-state index in [1.807, 2.05) is 12.1 Å². The van der Waals surface area contributed by atoms with Crippen molar-refractivity contribution in [3.05, 3.63) is 20.8 Å². The highest BCUT2D eigenvalue weighted by Gasteiger charge is 2.05. The van der Waals surface area contributed by atoms with Gasteiger partial charge in [0.15, 0.2) is 0 Å². The predicted molar refractivity (Wildman–Crippen MR) is 68.2 cm³/mol. The number of thiophene rings is 1. The molecule has 0 aliphatic carbocycles. The Bertz CT molecular complexity index is 322. The maximum absolute atomic E-state index is 11.5. The molecule has 0 radical (unpaired) electrons. The summed E-state index contributed by atoms with van der Waals surface area (Å²) in [6.07, 6.45) is 1.54. The summed E-state index contributed by atoms with van der Waals surface area (Å²) in [5, 5.41) is 2.92. The number of carbonyl (C=O) groups excluding carboxylic acids is 1. The minimum atomic E-state index is 0.116. The standard InChI is InChI=1S/C11H16BrNOS/c1-8(2)5-6-13-11(14)7-9-3-4-10(12)15-9/h3-4,8H,5-7H2,1-2H3,(H,13,14). The predicted octanol–water partition coefficient (Wildman–Crippen LogP) is 3.22. The average molecular weight is 290 g/mol. The van der Waals surface area contributed by atoms with Crippen LogP contribution in [0.3, 0.4) is 0 Å². The highest BCUT2D eigenvalue weighted by molar-refractivity contribution is 9.11. The Morgan fingerprint density at radius 1 is 1.53 bits per heavy atom. The molecule has 0 bridgehead atoms. The molecule has 2 nitrogen and oxygen atoms in total. The Kier molecular flexibility index (Phi) is 5.32. The van der Waals surface area contributed by atoms with Crippen molar-refractivity contribution in [3.8, 4) is 0 Å². The van der Waals surface area contributed by atoms with E-state index in [2.05, 4.69) is 35.1 Å². The highest BCUT2D eigenvalue weighted by atomic mass is 79.9. The maximum Gasteiger partial charge on any atom is 0.225 e. The fourth-order valence-corrected chi connectivity index (χ4v) is 2.65. The first kappa shape index (κ1) is 12.7. The summed E-state index contributed by atoms with van der Waals surface area (Å²) in [7, 11) is 0. The van der Waals surface area contributed by atoms with Crippen molar-refractivity contribution < 1.29 is 4.79 Å². The van der Waals surface area contributed by atoms with Gasteiger partial charge in [-0.05, 0) is 40.4 Å². The molecule has 1 aromatic heterocycles. The van der Waals surface area contributed by atoms with Crippen molar-refractivity contribution >= 4 is 33.2 Å². The van der Waals surface area contributed by atoms with Crippen molar-refractivity contribution in [3.63, 3.8) is 0 Å². The summed E-state index contributed by atoms with van der Waals surface area (Å²) in [5.41, 5.74) is 0. The zero-order valence-corrected chi connectivity index (χ0v) is 11.5. The molecule has 0 saturated heterocycles. The molecule has 0 aliphatic rings. The molecule has 0 unspecified atom stereocenters. The van der Waals surface area contributed by atoms with E-state index in [0.717, 1.165) is 21.6 Å². The second-order valence-electron chi connectivity index (χ2n) is 3.92. The first-order valence-electron chi connectivity index (χ1n) is 5.09. The Hall–Kier alpha value is -0.350. The highest BCUT2D eigenvalue weighted by Crippen LogP contribution is 2.22. The Morgan fingerprint density at radius 2 is 2.27 bits per heavy atom. The smallest absolute Gasteiger partial charge is 0.225 e. The topological polar surface area (TPSA) is 29.1 Å². The molecule has 0 fully saturated rings. The van der Waals surface area contributed by atoms with Crippen LogP contribution >= 0.6 is 27.3 Å². The number of halogens is 1. The van der Waals surface area contributed by atoms with Crippen LogP contribution in [0.2, 0.25) is 0 Å². The third kappa shape index (κ3) is 5.33.